The predicted molar refractivity (Wildman–Crippen MR) is 151 cm³/mol. The number of carbonyl (C=O) groups is 2. The highest BCUT2D eigenvalue weighted by Gasteiger charge is 2.39. The summed E-state index contributed by atoms with van der Waals surface area (Å²) >= 11 is 0. The highest BCUT2D eigenvalue weighted by molar-refractivity contribution is 6.40. The van der Waals surface area contributed by atoms with Crippen LogP contribution >= 0.6 is 0 Å². The molecule has 1 amide bonds. The summed E-state index contributed by atoms with van der Waals surface area (Å²) in [6.45, 7) is 13.2. The highest BCUT2D eigenvalue weighted by atomic mass is 16.3. The molecule has 0 fully saturated rings. The molecule has 0 saturated carbocycles. The summed E-state index contributed by atoms with van der Waals surface area (Å²) in [6.07, 6.45) is 9.39. The first-order valence-electron chi connectivity index (χ1n) is 13.4. The molecule has 2 aliphatic carbocycles. The third kappa shape index (κ3) is 6.04. The molecule has 1 aromatic rings. The number of ketones is 1. The maximum absolute atomic E-state index is 13.3. The fourth-order valence-electron chi connectivity index (χ4n) is 4.73. The molecule has 198 valence electrons. The number of benzene rings is 1. The lowest BCUT2D eigenvalue weighted by atomic mass is 9.79. The first-order chi connectivity index (χ1) is 17.8. The summed E-state index contributed by atoms with van der Waals surface area (Å²) in [4.78, 5) is 27.6. The van der Waals surface area contributed by atoms with E-state index >= 15 is 0 Å². The van der Waals surface area contributed by atoms with Crippen molar-refractivity contribution in [2.24, 2.45) is 0 Å². The molecule has 7 nitrogen and oxygen atoms in total. The Morgan fingerprint density at radius 2 is 1.62 bits per heavy atom. The van der Waals surface area contributed by atoms with Gasteiger partial charge in [0.2, 0.25) is 17.4 Å². The van der Waals surface area contributed by atoms with Gasteiger partial charge in [0.15, 0.2) is 0 Å². The van der Waals surface area contributed by atoms with E-state index in [-0.39, 0.29) is 34.4 Å². The van der Waals surface area contributed by atoms with Crippen LogP contribution in [0.4, 0.5) is 11.4 Å². The molecule has 3 rings (SSSR count). The highest BCUT2D eigenvalue weighted by Crippen LogP contribution is 2.43. The topological polar surface area (TPSA) is 92.9 Å². The second-order valence-electron chi connectivity index (χ2n) is 9.41. The third-order valence-corrected chi connectivity index (χ3v) is 6.82. The van der Waals surface area contributed by atoms with E-state index in [2.05, 4.69) is 28.6 Å². The van der Waals surface area contributed by atoms with Crippen molar-refractivity contribution in [2.45, 2.75) is 60.3 Å². The zero-order chi connectivity index (χ0) is 27.1. The van der Waals surface area contributed by atoms with Crippen LogP contribution in [0, 0.1) is 0 Å². The van der Waals surface area contributed by atoms with E-state index in [1.165, 1.54) is 6.92 Å². The van der Waals surface area contributed by atoms with E-state index in [9.17, 15) is 19.8 Å². The minimum atomic E-state index is -0.364. The quantitative estimate of drug-likeness (QED) is 0.264. The van der Waals surface area contributed by atoms with Crippen molar-refractivity contribution in [2.75, 3.05) is 36.4 Å². The van der Waals surface area contributed by atoms with Gasteiger partial charge in [-0.25, -0.2) is 4.58 Å². The van der Waals surface area contributed by atoms with Gasteiger partial charge in [0, 0.05) is 42.9 Å². The Hall–Kier alpha value is -3.61. The Morgan fingerprint density at radius 3 is 2.14 bits per heavy atom. The summed E-state index contributed by atoms with van der Waals surface area (Å²) in [5, 5.41) is 24.5. The van der Waals surface area contributed by atoms with Crippen molar-refractivity contribution in [1.29, 1.82) is 0 Å². The van der Waals surface area contributed by atoms with Gasteiger partial charge in [-0.3, -0.25) is 9.59 Å². The van der Waals surface area contributed by atoms with E-state index in [0.717, 1.165) is 63.3 Å². The second-order valence-corrected chi connectivity index (χ2v) is 9.41. The fraction of sp³-hybridized carbons (Fsp3) is 0.433. The lowest BCUT2D eigenvalue weighted by Gasteiger charge is -2.28. The van der Waals surface area contributed by atoms with Gasteiger partial charge in [-0.1, -0.05) is 26.7 Å². The summed E-state index contributed by atoms with van der Waals surface area (Å²) in [6, 6.07) is 5.60. The third-order valence-electron chi connectivity index (χ3n) is 6.82. The van der Waals surface area contributed by atoms with Crippen LogP contribution in [0.25, 0.3) is 5.57 Å². The van der Waals surface area contributed by atoms with Crippen LogP contribution in [-0.4, -0.2) is 58.4 Å². The van der Waals surface area contributed by atoms with E-state index in [1.807, 2.05) is 32.1 Å². The van der Waals surface area contributed by atoms with E-state index < -0.39 is 0 Å². The number of amides is 1. The largest absolute Gasteiger partial charge is 0.507 e. The number of carbonyl (C=O) groups excluding carboxylic acids is 2. The maximum atomic E-state index is 13.3. The van der Waals surface area contributed by atoms with Gasteiger partial charge in [-0.05, 0) is 51.0 Å². The van der Waals surface area contributed by atoms with Crippen LogP contribution in [0.15, 0.2) is 59.1 Å². The number of hydrogen-bond acceptors (Lipinski definition) is 5. The number of nitrogens with zero attached hydrogens (tertiary/aromatic N) is 2. The molecule has 0 aromatic heterocycles. The minimum absolute atomic E-state index is 0.0572. The van der Waals surface area contributed by atoms with E-state index in [1.54, 1.807) is 18.2 Å². The first kappa shape index (κ1) is 28.0. The van der Waals surface area contributed by atoms with Gasteiger partial charge in [-0.2, -0.15) is 0 Å². The second kappa shape index (κ2) is 12.6. The Bertz CT molecular complexity index is 1200. The van der Waals surface area contributed by atoms with Crippen molar-refractivity contribution in [3.63, 3.8) is 0 Å². The SMILES string of the molecule is CCCCN(CCCC)c1ccc(C2=C(O)/C(=C3\C=CC(=[N+](CC)CC)C=C3O)C2=O)c(NC(C)=O)c1. The number of rotatable bonds is 11. The maximum Gasteiger partial charge on any atom is 0.221 e. The Labute approximate surface area is 220 Å². The van der Waals surface area contributed by atoms with Gasteiger partial charge >= 0.3 is 0 Å². The molecular weight excluding hydrogens is 466 g/mol. The van der Waals surface area contributed by atoms with Crippen molar-refractivity contribution in [3.8, 4) is 0 Å². The molecular formula is C30H40N3O4+. The van der Waals surface area contributed by atoms with Crippen LogP contribution in [0.2, 0.25) is 0 Å². The normalized spacial score (nSPS) is 17.1. The number of aliphatic hydroxyl groups is 2. The molecule has 0 radical (unpaired) electrons. The van der Waals surface area contributed by atoms with E-state index in [4.69, 9.17) is 0 Å². The fourth-order valence-corrected chi connectivity index (χ4v) is 4.73. The van der Waals surface area contributed by atoms with Crippen LogP contribution < -0.4 is 10.2 Å². The first-order valence-corrected chi connectivity index (χ1v) is 13.4. The van der Waals surface area contributed by atoms with Gasteiger partial charge in [-0.15, -0.1) is 0 Å². The number of Topliss-reactive ketones (excluding diaryl/α,β-unsaturated/α-hetero) is 1. The van der Waals surface area contributed by atoms with Crippen molar-refractivity contribution < 1.29 is 24.4 Å². The van der Waals surface area contributed by atoms with Crippen LogP contribution in [0.5, 0.6) is 0 Å². The van der Waals surface area contributed by atoms with Crippen molar-refractivity contribution >= 4 is 34.3 Å². The summed E-state index contributed by atoms with van der Waals surface area (Å²) in [5.41, 5.74) is 3.30. The van der Waals surface area contributed by atoms with Crippen LogP contribution in [0.3, 0.4) is 0 Å². The number of allylic oxidation sites excluding steroid dienone is 5. The Kier molecular flexibility index (Phi) is 9.50. The molecule has 0 bridgehead atoms. The van der Waals surface area contributed by atoms with Gasteiger partial charge < -0.3 is 20.4 Å². The van der Waals surface area contributed by atoms with Gasteiger partial charge in [0.05, 0.1) is 22.9 Å². The average molecular weight is 507 g/mol. The number of anilines is 2. The Balaban J connectivity index is 2.04. The summed E-state index contributed by atoms with van der Waals surface area (Å²) in [5.74, 6) is -0.855. The van der Waals surface area contributed by atoms with Crippen molar-refractivity contribution in [1.82, 2.24) is 0 Å². The molecule has 0 saturated heterocycles. The van der Waals surface area contributed by atoms with Crippen molar-refractivity contribution in [3.05, 3.63) is 64.7 Å². The number of hydrogen-bond donors (Lipinski definition) is 3. The van der Waals surface area contributed by atoms with Gasteiger partial charge in [0.1, 0.15) is 24.6 Å². The molecule has 0 spiro atoms. The lowest BCUT2D eigenvalue weighted by Crippen LogP contribution is -2.27. The predicted octanol–water partition coefficient (Wildman–Crippen LogP) is 5.71. The molecule has 0 heterocycles. The minimum Gasteiger partial charge on any atom is -0.507 e. The van der Waals surface area contributed by atoms with Crippen LogP contribution in [-0.2, 0) is 9.59 Å². The Morgan fingerprint density at radius 1 is 0.973 bits per heavy atom. The number of aliphatic hydroxyl groups excluding tert-OH is 2. The number of unbranched alkanes of at least 4 members (excludes halogenated alkanes) is 2. The average Bonchev–Trinajstić information content (AvgIpc) is 2.87. The summed E-state index contributed by atoms with van der Waals surface area (Å²) in [7, 11) is 0. The smallest absolute Gasteiger partial charge is 0.221 e. The standard InChI is InChI=1S/C30H39N3O4/c1-6-10-16-33(17-11-7-2)21-12-14-23(25(18-21)31-20(5)34)27-29(36)28(30(27)37)24-15-13-22(19-26(24)35)32(8-3)9-4/h12-15,18-19H,6-11,16-17H2,1-5H3,(H2,31,34,35,36,37)/p+1. The summed E-state index contributed by atoms with van der Waals surface area (Å²) < 4.78 is 2.09. The molecule has 37 heavy (non-hydrogen) atoms. The molecule has 0 aliphatic heterocycles. The lowest BCUT2D eigenvalue weighted by molar-refractivity contribution is -0.519. The molecule has 0 atom stereocenters. The molecule has 1 aromatic carbocycles. The zero-order valence-corrected chi connectivity index (χ0v) is 22.7. The zero-order valence-electron chi connectivity index (χ0n) is 22.7. The molecule has 7 heteroatoms. The molecule has 2 aliphatic rings. The monoisotopic (exact) mass is 506 g/mol. The number of nitrogens with one attached hydrogen (secondary N) is 1. The molecule has 0 unspecified atom stereocenters. The van der Waals surface area contributed by atoms with E-state index in [0.29, 0.717) is 16.8 Å². The van der Waals surface area contributed by atoms with Crippen LogP contribution in [0.1, 0.15) is 65.9 Å². The van der Waals surface area contributed by atoms with Gasteiger partial charge in [0.25, 0.3) is 0 Å². The molecule has 3 N–H and O–H groups in total.